The Morgan fingerprint density at radius 1 is 1.44 bits per heavy atom. The van der Waals surface area contributed by atoms with E-state index in [1.54, 1.807) is 6.26 Å². The maximum Gasteiger partial charge on any atom is 0.120 e. The summed E-state index contributed by atoms with van der Waals surface area (Å²) in [5, 5.41) is 13.7. The van der Waals surface area contributed by atoms with Gasteiger partial charge in [0.05, 0.1) is 17.9 Å². The molecule has 3 heteroatoms. The van der Waals surface area contributed by atoms with Gasteiger partial charge in [-0.25, -0.2) is 0 Å². The Kier molecular flexibility index (Phi) is 3.66. The monoisotopic (exact) mass is 223 g/mol. The minimum atomic E-state index is -0.501. The highest BCUT2D eigenvalue weighted by Crippen LogP contribution is 2.28. The quantitative estimate of drug-likeness (QED) is 0.824. The molecule has 2 rings (SSSR count). The van der Waals surface area contributed by atoms with Crippen LogP contribution in [0.15, 0.2) is 22.8 Å². The Hall–Kier alpha value is -0.800. The van der Waals surface area contributed by atoms with Crippen molar-refractivity contribution >= 4 is 0 Å². The average Bonchev–Trinajstić information content (AvgIpc) is 2.80. The molecule has 1 aromatic heterocycles. The van der Waals surface area contributed by atoms with Crippen molar-refractivity contribution in [3.05, 3.63) is 24.2 Å². The Bertz CT molecular complexity index is 302. The van der Waals surface area contributed by atoms with Gasteiger partial charge < -0.3 is 14.8 Å². The number of aliphatic hydroxyl groups is 1. The van der Waals surface area contributed by atoms with E-state index in [0.717, 1.165) is 31.4 Å². The van der Waals surface area contributed by atoms with Gasteiger partial charge in [-0.3, -0.25) is 0 Å². The van der Waals surface area contributed by atoms with Crippen LogP contribution in [0.5, 0.6) is 0 Å². The molecule has 16 heavy (non-hydrogen) atoms. The summed E-state index contributed by atoms with van der Waals surface area (Å²) in [4.78, 5) is 0. The van der Waals surface area contributed by atoms with E-state index < -0.39 is 5.60 Å². The van der Waals surface area contributed by atoms with Crippen molar-refractivity contribution in [2.75, 3.05) is 6.54 Å². The van der Waals surface area contributed by atoms with Crippen LogP contribution < -0.4 is 5.32 Å². The molecular weight excluding hydrogens is 202 g/mol. The van der Waals surface area contributed by atoms with Crippen LogP contribution in [0.1, 0.15) is 50.8 Å². The molecule has 0 spiro atoms. The van der Waals surface area contributed by atoms with E-state index in [2.05, 4.69) is 12.2 Å². The highest BCUT2D eigenvalue weighted by Gasteiger charge is 2.29. The van der Waals surface area contributed by atoms with E-state index in [0.29, 0.717) is 6.54 Å². The van der Waals surface area contributed by atoms with Gasteiger partial charge in [0, 0.05) is 6.54 Å². The lowest BCUT2D eigenvalue weighted by atomic mass is 9.85. The molecule has 1 fully saturated rings. The summed E-state index contributed by atoms with van der Waals surface area (Å²) in [6.07, 6.45) is 7.08. The molecule has 3 nitrogen and oxygen atoms in total. The van der Waals surface area contributed by atoms with Crippen LogP contribution >= 0.6 is 0 Å². The van der Waals surface area contributed by atoms with E-state index in [4.69, 9.17) is 4.42 Å². The number of hydrogen-bond donors (Lipinski definition) is 2. The molecule has 1 aromatic rings. The molecule has 0 saturated heterocycles. The third-order valence-corrected chi connectivity index (χ3v) is 3.49. The molecule has 2 N–H and O–H groups in total. The standard InChI is InChI=1S/C13H21NO2/c1-11(12-6-5-9-16-12)14-10-13(15)7-3-2-4-8-13/h5-6,9,11,14-15H,2-4,7-8,10H2,1H3/t11-/m1/s1. The molecule has 1 atom stereocenters. The van der Waals surface area contributed by atoms with Crippen LogP contribution in [0.2, 0.25) is 0 Å². The van der Waals surface area contributed by atoms with E-state index in [-0.39, 0.29) is 6.04 Å². The molecule has 0 radical (unpaired) electrons. The van der Waals surface area contributed by atoms with Gasteiger partial charge in [-0.1, -0.05) is 19.3 Å². The van der Waals surface area contributed by atoms with Crippen molar-refractivity contribution in [1.82, 2.24) is 5.32 Å². The molecule has 0 amide bonds. The first-order valence-electron chi connectivity index (χ1n) is 6.19. The highest BCUT2D eigenvalue weighted by atomic mass is 16.3. The second kappa shape index (κ2) is 5.02. The normalized spacial score (nSPS) is 21.9. The summed E-state index contributed by atoms with van der Waals surface area (Å²) < 4.78 is 5.32. The van der Waals surface area contributed by atoms with Gasteiger partial charge in [0.15, 0.2) is 0 Å². The van der Waals surface area contributed by atoms with E-state index in [9.17, 15) is 5.11 Å². The Labute approximate surface area is 96.8 Å². The van der Waals surface area contributed by atoms with Crippen LogP contribution in [0.3, 0.4) is 0 Å². The van der Waals surface area contributed by atoms with Crippen molar-refractivity contribution in [3.8, 4) is 0 Å². The van der Waals surface area contributed by atoms with Gasteiger partial charge in [-0.2, -0.15) is 0 Å². The Morgan fingerprint density at radius 3 is 2.81 bits per heavy atom. The van der Waals surface area contributed by atoms with Gasteiger partial charge in [-0.15, -0.1) is 0 Å². The number of rotatable bonds is 4. The van der Waals surface area contributed by atoms with Crippen LogP contribution in [0, 0.1) is 0 Å². The fraction of sp³-hybridized carbons (Fsp3) is 0.692. The van der Waals surface area contributed by atoms with Crippen LogP contribution in [-0.2, 0) is 0 Å². The summed E-state index contributed by atoms with van der Waals surface area (Å²) in [5.74, 6) is 0.930. The third kappa shape index (κ3) is 2.86. The first-order valence-corrected chi connectivity index (χ1v) is 6.19. The average molecular weight is 223 g/mol. The predicted molar refractivity (Wildman–Crippen MR) is 63.2 cm³/mol. The second-order valence-corrected chi connectivity index (χ2v) is 4.90. The highest BCUT2D eigenvalue weighted by molar-refractivity contribution is 5.03. The number of nitrogens with one attached hydrogen (secondary N) is 1. The van der Waals surface area contributed by atoms with Crippen molar-refractivity contribution < 1.29 is 9.52 Å². The largest absolute Gasteiger partial charge is 0.468 e. The lowest BCUT2D eigenvalue weighted by molar-refractivity contribution is 0.00255. The van der Waals surface area contributed by atoms with Crippen molar-refractivity contribution in [1.29, 1.82) is 0 Å². The smallest absolute Gasteiger partial charge is 0.120 e. The SMILES string of the molecule is C[C@@H](NCC1(O)CCCCC1)c1ccco1. The Morgan fingerprint density at radius 2 is 2.19 bits per heavy atom. The molecule has 90 valence electrons. The molecule has 0 unspecified atom stereocenters. The molecule has 0 aliphatic heterocycles. The van der Waals surface area contributed by atoms with Crippen LogP contribution in [0.25, 0.3) is 0 Å². The van der Waals surface area contributed by atoms with Gasteiger partial charge in [0.25, 0.3) is 0 Å². The number of hydrogen-bond acceptors (Lipinski definition) is 3. The van der Waals surface area contributed by atoms with E-state index in [1.165, 1.54) is 6.42 Å². The zero-order chi connectivity index (χ0) is 11.4. The van der Waals surface area contributed by atoms with Crippen LogP contribution in [0.4, 0.5) is 0 Å². The summed E-state index contributed by atoms with van der Waals surface area (Å²) in [6, 6.07) is 4.02. The third-order valence-electron chi connectivity index (χ3n) is 3.49. The molecule has 0 bridgehead atoms. The lowest BCUT2D eigenvalue weighted by Crippen LogP contribution is -2.42. The molecule has 1 saturated carbocycles. The lowest BCUT2D eigenvalue weighted by Gasteiger charge is -2.33. The maximum atomic E-state index is 10.3. The first-order chi connectivity index (χ1) is 7.70. The summed E-state index contributed by atoms with van der Waals surface area (Å²) >= 11 is 0. The zero-order valence-electron chi connectivity index (χ0n) is 9.91. The zero-order valence-corrected chi connectivity index (χ0v) is 9.91. The molecular formula is C13H21NO2. The minimum absolute atomic E-state index is 0.168. The van der Waals surface area contributed by atoms with E-state index in [1.807, 2.05) is 12.1 Å². The summed E-state index contributed by atoms with van der Waals surface area (Å²) in [6.45, 7) is 2.72. The predicted octanol–water partition coefficient (Wildman–Crippen LogP) is 2.63. The van der Waals surface area contributed by atoms with Gasteiger partial charge in [-0.05, 0) is 31.9 Å². The molecule has 1 aliphatic rings. The topological polar surface area (TPSA) is 45.4 Å². The fourth-order valence-corrected chi connectivity index (χ4v) is 2.37. The van der Waals surface area contributed by atoms with Gasteiger partial charge in [0.2, 0.25) is 0 Å². The molecule has 0 aromatic carbocycles. The van der Waals surface area contributed by atoms with Gasteiger partial charge >= 0.3 is 0 Å². The van der Waals surface area contributed by atoms with Crippen molar-refractivity contribution in [2.45, 2.75) is 50.7 Å². The molecule has 1 heterocycles. The van der Waals surface area contributed by atoms with Crippen molar-refractivity contribution in [3.63, 3.8) is 0 Å². The maximum absolute atomic E-state index is 10.3. The summed E-state index contributed by atoms with van der Waals surface area (Å²) in [7, 11) is 0. The Balaban J connectivity index is 1.82. The molecule has 1 aliphatic carbocycles. The fourth-order valence-electron chi connectivity index (χ4n) is 2.37. The minimum Gasteiger partial charge on any atom is -0.468 e. The van der Waals surface area contributed by atoms with E-state index >= 15 is 0 Å². The summed E-state index contributed by atoms with van der Waals surface area (Å²) in [5.41, 5.74) is -0.501. The number of furan rings is 1. The second-order valence-electron chi connectivity index (χ2n) is 4.90. The first kappa shape index (κ1) is 11.7. The van der Waals surface area contributed by atoms with Crippen LogP contribution in [-0.4, -0.2) is 17.3 Å². The van der Waals surface area contributed by atoms with Gasteiger partial charge in [0.1, 0.15) is 5.76 Å². The van der Waals surface area contributed by atoms with Crippen molar-refractivity contribution in [2.24, 2.45) is 0 Å².